The van der Waals surface area contributed by atoms with Crippen LogP contribution >= 0.6 is 11.3 Å². The van der Waals surface area contributed by atoms with Gasteiger partial charge in [-0.2, -0.15) is 0 Å². The van der Waals surface area contributed by atoms with E-state index in [9.17, 15) is 34.8 Å². The third-order valence-electron chi connectivity index (χ3n) is 8.18. The molecule has 0 saturated heterocycles. The molecule has 1 heterocycles. The highest BCUT2D eigenvalue weighted by Crippen LogP contribution is 2.58. The summed E-state index contributed by atoms with van der Waals surface area (Å²) in [6.07, 6.45) is -0.0258. The minimum absolute atomic E-state index is 0.0258. The molecule has 6 N–H and O–H groups in total. The zero-order valence-corrected chi connectivity index (χ0v) is 21.8. The topological polar surface area (TPSA) is 174 Å². The zero-order valence-electron chi connectivity index (χ0n) is 21.0. The predicted molar refractivity (Wildman–Crippen MR) is 142 cm³/mol. The maximum atomic E-state index is 14.2. The minimum Gasteiger partial charge on any atom is -0.508 e. The molecule has 0 radical (unpaired) electrons. The summed E-state index contributed by atoms with van der Waals surface area (Å²) in [4.78, 5) is 46.0. The SMILES string of the molecule is CN(C)[C@@H]1C(=O)C(C(N)=O)=C(O)[C@@]2(O)C(=O)C3=C(O)c4c(O)cccc4[C@H](c4nc5ccccc5s4)[C@H]3C[C@@H]12. The number of benzene rings is 2. The Hall–Kier alpha value is -4.06. The number of ketones is 2. The highest BCUT2D eigenvalue weighted by molar-refractivity contribution is 7.18. The number of para-hydroxylation sites is 1. The molecule has 39 heavy (non-hydrogen) atoms. The molecule has 10 nitrogen and oxygen atoms in total. The minimum atomic E-state index is -2.70. The molecule has 3 aromatic rings. The Morgan fingerprint density at radius 2 is 1.82 bits per heavy atom. The first-order chi connectivity index (χ1) is 18.5. The van der Waals surface area contributed by atoms with Crippen molar-refractivity contribution >= 4 is 44.8 Å². The number of aromatic hydroxyl groups is 1. The van der Waals surface area contributed by atoms with Gasteiger partial charge in [0, 0.05) is 23.3 Å². The largest absolute Gasteiger partial charge is 0.508 e. The molecule has 1 saturated carbocycles. The number of rotatable bonds is 3. The molecule has 1 aromatic heterocycles. The Morgan fingerprint density at radius 3 is 2.49 bits per heavy atom. The summed E-state index contributed by atoms with van der Waals surface area (Å²) in [5.74, 6) is -7.61. The number of aliphatic hydroxyl groups is 3. The van der Waals surface area contributed by atoms with Crippen molar-refractivity contribution in [1.29, 1.82) is 0 Å². The highest BCUT2D eigenvalue weighted by atomic mass is 32.1. The second-order valence-electron chi connectivity index (χ2n) is 10.4. The quantitative estimate of drug-likeness (QED) is 0.308. The Morgan fingerprint density at radius 1 is 1.10 bits per heavy atom. The Kier molecular flexibility index (Phi) is 5.48. The summed E-state index contributed by atoms with van der Waals surface area (Å²) in [7, 11) is 3.13. The molecule has 1 fully saturated rings. The van der Waals surface area contributed by atoms with Gasteiger partial charge in [0.15, 0.2) is 11.4 Å². The van der Waals surface area contributed by atoms with Crippen LogP contribution in [0.15, 0.2) is 59.4 Å². The maximum Gasteiger partial charge on any atom is 0.255 e. The summed E-state index contributed by atoms with van der Waals surface area (Å²) in [6.45, 7) is 0. The molecular formula is C28H25N3O7S. The fraction of sp³-hybridized carbons (Fsp3) is 0.286. The lowest BCUT2D eigenvalue weighted by atomic mass is 9.55. The van der Waals surface area contributed by atoms with Gasteiger partial charge in [-0.1, -0.05) is 24.3 Å². The van der Waals surface area contributed by atoms with Crippen molar-refractivity contribution in [2.75, 3.05) is 14.1 Å². The van der Waals surface area contributed by atoms with E-state index in [4.69, 9.17) is 10.7 Å². The van der Waals surface area contributed by atoms with Crippen molar-refractivity contribution in [3.05, 3.63) is 75.5 Å². The normalized spacial score (nSPS) is 28.5. The number of aliphatic hydroxyl groups excluding tert-OH is 2. The van der Waals surface area contributed by atoms with Crippen LogP contribution in [0.4, 0.5) is 0 Å². The van der Waals surface area contributed by atoms with Gasteiger partial charge in [-0.05, 0) is 44.3 Å². The summed E-state index contributed by atoms with van der Waals surface area (Å²) in [6, 6.07) is 11.1. The Labute approximate surface area is 226 Å². The van der Waals surface area contributed by atoms with Gasteiger partial charge in [0.25, 0.3) is 5.91 Å². The van der Waals surface area contributed by atoms with Crippen LogP contribution in [-0.4, -0.2) is 73.5 Å². The summed E-state index contributed by atoms with van der Waals surface area (Å²) >= 11 is 1.40. The first kappa shape index (κ1) is 25.2. The van der Waals surface area contributed by atoms with Gasteiger partial charge in [-0.15, -0.1) is 11.3 Å². The fourth-order valence-electron chi connectivity index (χ4n) is 6.56. The number of phenolic OH excluding ortho intramolecular Hbond substituents is 1. The van der Waals surface area contributed by atoms with Crippen LogP contribution in [0.5, 0.6) is 5.75 Å². The van der Waals surface area contributed by atoms with E-state index in [0.717, 1.165) is 10.2 Å². The first-order valence-corrected chi connectivity index (χ1v) is 13.1. The smallest absolute Gasteiger partial charge is 0.255 e. The Bertz CT molecular complexity index is 1640. The van der Waals surface area contributed by atoms with Gasteiger partial charge in [-0.3, -0.25) is 19.3 Å². The molecule has 2 aromatic carbocycles. The lowest BCUT2D eigenvalue weighted by molar-refractivity contribution is -0.154. The second kappa shape index (κ2) is 8.47. The predicted octanol–water partition coefficient (Wildman–Crippen LogP) is 2.16. The van der Waals surface area contributed by atoms with Crippen molar-refractivity contribution in [3.8, 4) is 5.75 Å². The van der Waals surface area contributed by atoms with Gasteiger partial charge in [0.2, 0.25) is 5.78 Å². The lowest BCUT2D eigenvalue weighted by Crippen LogP contribution is -2.66. The molecule has 0 bridgehead atoms. The molecule has 0 spiro atoms. The number of hydrogen-bond acceptors (Lipinski definition) is 10. The van der Waals surface area contributed by atoms with E-state index in [1.54, 1.807) is 26.2 Å². The van der Waals surface area contributed by atoms with E-state index in [1.807, 2.05) is 24.3 Å². The van der Waals surface area contributed by atoms with Crippen LogP contribution in [0.3, 0.4) is 0 Å². The number of carbonyl (C=O) groups excluding carboxylic acids is 3. The third-order valence-corrected chi connectivity index (χ3v) is 9.30. The number of phenols is 1. The summed E-state index contributed by atoms with van der Waals surface area (Å²) < 4.78 is 0.902. The maximum absolute atomic E-state index is 14.2. The number of amides is 1. The molecule has 11 heteroatoms. The number of aromatic nitrogens is 1. The van der Waals surface area contributed by atoms with Gasteiger partial charge in [0.1, 0.15) is 27.8 Å². The number of thiazole rings is 1. The summed E-state index contributed by atoms with van der Waals surface area (Å²) in [5, 5.41) is 45.7. The van der Waals surface area contributed by atoms with Crippen LogP contribution in [0.25, 0.3) is 16.0 Å². The van der Waals surface area contributed by atoms with E-state index in [2.05, 4.69) is 0 Å². The lowest BCUT2D eigenvalue weighted by Gasteiger charge is -2.51. The van der Waals surface area contributed by atoms with E-state index < -0.39 is 64.0 Å². The number of Topliss-reactive ketones (excluding diaryl/α,β-unsaturated/α-hetero) is 2. The molecule has 3 aliphatic rings. The zero-order chi connectivity index (χ0) is 28.0. The number of primary amides is 1. The van der Waals surface area contributed by atoms with Crippen molar-refractivity contribution in [2.24, 2.45) is 17.6 Å². The molecule has 5 atom stereocenters. The average molecular weight is 548 g/mol. The molecular weight excluding hydrogens is 522 g/mol. The van der Waals surface area contributed by atoms with Gasteiger partial charge in [0.05, 0.1) is 21.8 Å². The van der Waals surface area contributed by atoms with Crippen molar-refractivity contribution < 1.29 is 34.8 Å². The van der Waals surface area contributed by atoms with Gasteiger partial charge < -0.3 is 26.2 Å². The number of hydrogen-bond donors (Lipinski definition) is 5. The molecule has 6 rings (SSSR count). The molecule has 0 unspecified atom stereocenters. The van der Waals surface area contributed by atoms with Crippen molar-refractivity contribution in [3.63, 3.8) is 0 Å². The monoisotopic (exact) mass is 547 g/mol. The number of nitrogens with two attached hydrogens (primary N) is 1. The number of carbonyl (C=O) groups is 3. The molecule has 200 valence electrons. The fourth-order valence-corrected chi connectivity index (χ4v) is 7.71. The first-order valence-electron chi connectivity index (χ1n) is 12.3. The van der Waals surface area contributed by atoms with Crippen LogP contribution in [0, 0.1) is 11.8 Å². The third kappa shape index (κ3) is 3.27. The van der Waals surface area contributed by atoms with E-state index in [0.29, 0.717) is 10.6 Å². The standard InChI is InChI=1S/C28H25N3O7S/c1-31(2)21-13-10-12-17(27-30-14-7-3-4-9-16(14)39-27)11-6-5-8-15(32)18(11)22(33)19(12)24(35)28(13,38)25(36)20(23(21)34)26(29)37/h3-9,12-13,17,21,32-33,36,38H,10H2,1-2H3,(H2,29,37)/t12-,13+,17+,21+,28+/m1/s1. The van der Waals surface area contributed by atoms with Crippen LogP contribution in [0.2, 0.25) is 0 Å². The van der Waals surface area contributed by atoms with Crippen LogP contribution in [-0.2, 0) is 14.4 Å². The van der Waals surface area contributed by atoms with Gasteiger partial charge in [-0.25, -0.2) is 4.98 Å². The van der Waals surface area contributed by atoms with Crippen LogP contribution < -0.4 is 5.73 Å². The number of nitrogens with zero attached hydrogens (tertiary/aromatic N) is 2. The average Bonchev–Trinajstić information content (AvgIpc) is 3.29. The number of likely N-dealkylation sites (N-methyl/N-ethyl adjacent to an activating group) is 1. The molecule has 3 aliphatic carbocycles. The molecule has 1 amide bonds. The summed E-state index contributed by atoms with van der Waals surface area (Å²) in [5.41, 5.74) is 2.94. The van der Waals surface area contributed by atoms with Crippen molar-refractivity contribution in [1.82, 2.24) is 9.88 Å². The Balaban J connectivity index is 1.64. The molecule has 0 aliphatic heterocycles. The highest BCUT2D eigenvalue weighted by Gasteiger charge is 2.65. The van der Waals surface area contributed by atoms with Crippen LogP contribution in [0.1, 0.15) is 28.5 Å². The van der Waals surface area contributed by atoms with E-state index in [1.165, 1.54) is 22.3 Å². The van der Waals surface area contributed by atoms with E-state index in [-0.39, 0.29) is 23.3 Å². The number of fused-ring (bicyclic) bond motifs is 4. The van der Waals surface area contributed by atoms with E-state index >= 15 is 0 Å². The van der Waals surface area contributed by atoms with Gasteiger partial charge >= 0.3 is 0 Å². The second-order valence-corrected chi connectivity index (χ2v) is 11.5. The van der Waals surface area contributed by atoms with Crippen molar-refractivity contribution in [2.45, 2.75) is 24.0 Å².